The molecule has 1 heterocycles. The van der Waals surface area contributed by atoms with E-state index in [-0.39, 0.29) is 5.92 Å². The average molecular weight is 459 g/mol. The molecular weight excluding hydrogens is 424 g/mol. The van der Waals surface area contributed by atoms with Gasteiger partial charge in [0.2, 0.25) is 0 Å². The molecule has 0 aliphatic carbocycles. The van der Waals surface area contributed by atoms with Gasteiger partial charge < -0.3 is 9.94 Å². The van der Waals surface area contributed by atoms with Gasteiger partial charge in [0.25, 0.3) is 0 Å². The van der Waals surface area contributed by atoms with Crippen LogP contribution in [0.25, 0.3) is 11.1 Å². The molecule has 178 valence electrons. The van der Waals surface area contributed by atoms with Crippen LogP contribution < -0.4 is 0 Å². The number of carbonyl (C=O) groups is 1. The van der Waals surface area contributed by atoms with E-state index in [0.29, 0.717) is 13.2 Å². The lowest BCUT2D eigenvalue weighted by Gasteiger charge is -2.15. The smallest absolute Gasteiger partial charge is 0.307 e. The van der Waals surface area contributed by atoms with E-state index in [4.69, 9.17) is 9.94 Å². The number of oxime groups is 1. The molecule has 4 rings (SSSR count). The molecule has 1 atom stereocenters. The Balaban J connectivity index is 0.00000158. The zero-order valence-electron chi connectivity index (χ0n) is 20.3. The number of aliphatic carboxylic acids is 1. The van der Waals surface area contributed by atoms with Crippen molar-refractivity contribution in [3.8, 4) is 11.1 Å². The number of nitrogens with zero attached hydrogens (tertiary/aromatic N) is 2. The van der Waals surface area contributed by atoms with Crippen molar-refractivity contribution in [3.63, 3.8) is 0 Å². The quantitative estimate of drug-likeness (QED) is 0.321. The fourth-order valence-corrected chi connectivity index (χ4v) is 3.97. The summed E-state index contributed by atoms with van der Waals surface area (Å²) >= 11 is 0. The summed E-state index contributed by atoms with van der Waals surface area (Å²) in [6.45, 7) is 8.59. The molecule has 0 amide bonds. The zero-order valence-corrected chi connectivity index (χ0v) is 20.3. The first kappa shape index (κ1) is 25.2. The first-order chi connectivity index (χ1) is 16.6. The van der Waals surface area contributed by atoms with Crippen LogP contribution in [0.15, 0.2) is 84.0 Å². The number of carboxylic acids is 1. The minimum atomic E-state index is -0.693. The maximum Gasteiger partial charge on any atom is 0.307 e. The summed E-state index contributed by atoms with van der Waals surface area (Å²) in [6.07, 6.45) is 0.728. The molecule has 1 unspecified atom stereocenters. The predicted molar refractivity (Wildman–Crippen MR) is 138 cm³/mol. The van der Waals surface area contributed by atoms with Crippen molar-refractivity contribution in [2.75, 3.05) is 13.1 Å². The number of carboxylic acid groups (broad SMARTS) is 1. The van der Waals surface area contributed by atoms with Crippen molar-refractivity contribution in [2.24, 2.45) is 11.1 Å². The van der Waals surface area contributed by atoms with Crippen molar-refractivity contribution in [1.82, 2.24) is 4.90 Å². The Morgan fingerprint density at radius 2 is 1.56 bits per heavy atom. The highest BCUT2D eigenvalue weighted by molar-refractivity contribution is 5.98. The van der Waals surface area contributed by atoms with Crippen LogP contribution in [0.3, 0.4) is 0 Å². The van der Waals surface area contributed by atoms with Crippen LogP contribution in [0.4, 0.5) is 0 Å². The highest BCUT2D eigenvalue weighted by atomic mass is 16.6. The molecule has 0 aromatic heterocycles. The van der Waals surface area contributed by atoms with Crippen LogP contribution in [0.1, 0.15) is 43.9 Å². The standard InChI is InChI=1S/C27H28N2O3.C2H6/c1-20(23-11-7-21(8-12-23)17-29-16-15-26(18-29)27(30)31)28-32-19-22-9-13-25(14-10-22)24-5-3-2-4-6-24;1-2/h2-14,26H,15-19H2,1H3,(H,30,31);1-2H3/b28-20+;. The Labute approximate surface area is 202 Å². The predicted octanol–water partition coefficient (Wildman–Crippen LogP) is 6.23. The fourth-order valence-electron chi connectivity index (χ4n) is 3.97. The molecule has 0 bridgehead atoms. The van der Waals surface area contributed by atoms with Crippen molar-refractivity contribution >= 4 is 11.7 Å². The van der Waals surface area contributed by atoms with Gasteiger partial charge in [0.05, 0.1) is 11.6 Å². The third-order valence-corrected chi connectivity index (χ3v) is 5.89. The lowest BCUT2D eigenvalue weighted by Crippen LogP contribution is -2.22. The summed E-state index contributed by atoms with van der Waals surface area (Å²) in [5, 5.41) is 13.4. The van der Waals surface area contributed by atoms with Crippen LogP contribution in [0, 0.1) is 5.92 Å². The van der Waals surface area contributed by atoms with Gasteiger partial charge in [-0.15, -0.1) is 0 Å². The first-order valence-electron chi connectivity index (χ1n) is 11.9. The molecule has 1 fully saturated rings. The van der Waals surface area contributed by atoms with Crippen LogP contribution in [0.2, 0.25) is 0 Å². The van der Waals surface area contributed by atoms with Crippen molar-refractivity contribution in [1.29, 1.82) is 0 Å². The van der Waals surface area contributed by atoms with Gasteiger partial charge in [-0.1, -0.05) is 97.9 Å². The summed E-state index contributed by atoms with van der Waals surface area (Å²) < 4.78 is 0. The van der Waals surface area contributed by atoms with Gasteiger partial charge in [0.15, 0.2) is 0 Å². The Hall–Kier alpha value is -3.44. The van der Waals surface area contributed by atoms with Gasteiger partial charge in [-0.05, 0) is 47.7 Å². The molecule has 34 heavy (non-hydrogen) atoms. The lowest BCUT2D eigenvalue weighted by molar-refractivity contribution is -0.141. The molecule has 1 aliphatic heterocycles. The highest BCUT2D eigenvalue weighted by Crippen LogP contribution is 2.20. The van der Waals surface area contributed by atoms with E-state index in [1.807, 2.05) is 51.1 Å². The molecular formula is C29H34N2O3. The largest absolute Gasteiger partial charge is 0.481 e. The Kier molecular flexibility index (Phi) is 9.41. The molecule has 3 aromatic carbocycles. The maximum absolute atomic E-state index is 11.1. The van der Waals surface area contributed by atoms with Crippen molar-refractivity contribution in [2.45, 2.75) is 40.3 Å². The summed E-state index contributed by atoms with van der Waals surface area (Å²) in [6, 6.07) is 26.8. The molecule has 1 aliphatic rings. The van der Waals surface area contributed by atoms with Crippen molar-refractivity contribution in [3.05, 3.63) is 95.6 Å². The second-order valence-corrected chi connectivity index (χ2v) is 8.27. The van der Waals surface area contributed by atoms with E-state index in [1.54, 1.807) is 0 Å². The van der Waals surface area contributed by atoms with Gasteiger partial charge in [0, 0.05) is 13.1 Å². The van der Waals surface area contributed by atoms with Crippen LogP contribution in [0.5, 0.6) is 0 Å². The summed E-state index contributed by atoms with van der Waals surface area (Å²) in [5.74, 6) is -0.933. The Bertz CT molecular complexity index is 1060. The number of hydrogen-bond donors (Lipinski definition) is 1. The minimum Gasteiger partial charge on any atom is -0.481 e. The summed E-state index contributed by atoms with van der Waals surface area (Å²) in [5.41, 5.74) is 6.46. The third-order valence-electron chi connectivity index (χ3n) is 5.89. The van der Waals surface area contributed by atoms with E-state index in [1.165, 1.54) is 16.7 Å². The number of benzene rings is 3. The zero-order chi connectivity index (χ0) is 24.3. The second-order valence-electron chi connectivity index (χ2n) is 8.27. The van der Waals surface area contributed by atoms with E-state index in [0.717, 1.165) is 36.3 Å². The van der Waals surface area contributed by atoms with E-state index < -0.39 is 5.97 Å². The molecule has 0 spiro atoms. The Morgan fingerprint density at radius 3 is 2.18 bits per heavy atom. The number of rotatable bonds is 8. The van der Waals surface area contributed by atoms with Crippen LogP contribution in [-0.2, 0) is 22.8 Å². The SMILES string of the molecule is C/C(=N\OCc1ccc(-c2ccccc2)cc1)c1ccc(CN2CCC(C(=O)O)C2)cc1.CC. The molecule has 0 radical (unpaired) electrons. The minimum absolute atomic E-state index is 0.240. The maximum atomic E-state index is 11.1. The molecule has 5 heteroatoms. The average Bonchev–Trinajstić information content (AvgIpc) is 3.35. The van der Waals surface area contributed by atoms with Gasteiger partial charge in [-0.25, -0.2) is 0 Å². The highest BCUT2D eigenvalue weighted by Gasteiger charge is 2.27. The van der Waals surface area contributed by atoms with E-state index in [9.17, 15) is 4.79 Å². The molecule has 0 saturated carbocycles. The van der Waals surface area contributed by atoms with Gasteiger partial charge in [-0.2, -0.15) is 0 Å². The lowest BCUT2D eigenvalue weighted by atomic mass is 10.0. The molecule has 1 N–H and O–H groups in total. The van der Waals surface area contributed by atoms with Gasteiger partial charge in [0.1, 0.15) is 6.61 Å². The molecule has 1 saturated heterocycles. The monoisotopic (exact) mass is 458 g/mol. The van der Waals surface area contributed by atoms with Crippen molar-refractivity contribution < 1.29 is 14.7 Å². The summed E-state index contributed by atoms with van der Waals surface area (Å²) in [4.78, 5) is 18.9. The topological polar surface area (TPSA) is 62.1 Å². The van der Waals surface area contributed by atoms with Gasteiger partial charge in [-0.3, -0.25) is 9.69 Å². The van der Waals surface area contributed by atoms with E-state index >= 15 is 0 Å². The number of hydrogen-bond acceptors (Lipinski definition) is 4. The third kappa shape index (κ3) is 7.03. The van der Waals surface area contributed by atoms with Gasteiger partial charge >= 0.3 is 5.97 Å². The van der Waals surface area contributed by atoms with Crippen LogP contribution >= 0.6 is 0 Å². The fraction of sp³-hybridized carbons (Fsp3) is 0.310. The van der Waals surface area contributed by atoms with Crippen LogP contribution in [-0.4, -0.2) is 34.8 Å². The first-order valence-corrected chi connectivity index (χ1v) is 11.9. The summed E-state index contributed by atoms with van der Waals surface area (Å²) in [7, 11) is 0. The Morgan fingerprint density at radius 1 is 0.941 bits per heavy atom. The number of likely N-dealkylation sites (tertiary alicyclic amines) is 1. The normalized spacial score (nSPS) is 16.0. The molecule has 5 nitrogen and oxygen atoms in total. The molecule has 3 aromatic rings. The second kappa shape index (κ2) is 12.7. The van der Waals surface area contributed by atoms with E-state index in [2.05, 4.69) is 58.6 Å².